The average molecular weight is 315 g/mol. The van der Waals surface area contributed by atoms with Gasteiger partial charge in [0.2, 0.25) is 0 Å². The van der Waals surface area contributed by atoms with Gasteiger partial charge in [0.25, 0.3) is 0 Å². The molecule has 2 fully saturated rings. The summed E-state index contributed by atoms with van der Waals surface area (Å²) in [6.07, 6.45) is 4.48. The molecule has 0 aromatic rings. The fourth-order valence-corrected chi connectivity index (χ4v) is 9.40. The third-order valence-corrected chi connectivity index (χ3v) is 8.57. The van der Waals surface area contributed by atoms with E-state index >= 15 is 0 Å². The van der Waals surface area contributed by atoms with Crippen LogP contribution in [-0.2, 0) is 0 Å². The molecule has 0 aromatic carbocycles. The van der Waals surface area contributed by atoms with Crippen LogP contribution in [0.2, 0.25) is 51.4 Å². The van der Waals surface area contributed by atoms with Crippen LogP contribution in [0.15, 0.2) is 0 Å². The highest BCUT2D eigenvalue weighted by molar-refractivity contribution is 6.77. The summed E-state index contributed by atoms with van der Waals surface area (Å²) in [5.74, 6) is 0.684. The first-order valence-corrected chi connectivity index (χ1v) is 15.7. The van der Waals surface area contributed by atoms with E-state index < -0.39 is 27.3 Å². The van der Waals surface area contributed by atoms with Crippen molar-refractivity contribution in [2.75, 3.05) is 0 Å². The van der Waals surface area contributed by atoms with Gasteiger partial charge in [0.1, 0.15) is 0 Å². The molecule has 0 aliphatic heterocycles. The molecule has 0 amide bonds. The summed E-state index contributed by atoms with van der Waals surface area (Å²) in [6.45, 7) is 13.9. The van der Waals surface area contributed by atoms with Crippen LogP contribution in [0.4, 0.5) is 0 Å². The zero-order chi connectivity index (χ0) is 15.4. The summed E-state index contributed by atoms with van der Waals surface area (Å²) in [5.41, 5.74) is -1.61. The van der Waals surface area contributed by atoms with Crippen molar-refractivity contribution in [3.8, 4) is 0 Å². The Morgan fingerprint density at radius 3 is 1.45 bits per heavy atom. The number of fused-ring (bicyclic) bond motifs is 2. The largest absolute Gasteiger partial charge is 0.387 e. The van der Waals surface area contributed by atoms with Crippen molar-refractivity contribution in [1.82, 2.24) is 0 Å². The summed E-state index contributed by atoms with van der Waals surface area (Å²) in [7, 11) is -2.83. The number of rotatable bonds is 4. The van der Waals surface area contributed by atoms with Crippen LogP contribution in [0.5, 0.6) is 0 Å². The van der Waals surface area contributed by atoms with E-state index in [1.807, 2.05) is 0 Å². The lowest BCUT2D eigenvalue weighted by Gasteiger charge is -2.47. The Kier molecular flexibility index (Phi) is 4.12. The number of hydrogen-bond acceptors (Lipinski definition) is 2. The maximum atomic E-state index is 11.6. The molecule has 2 aliphatic carbocycles. The fraction of sp³-hybridized carbons (Fsp3) is 1.00. The topological polar surface area (TPSA) is 40.5 Å². The van der Waals surface area contributed by atoms with E-state index in [4.69, 9.17) is 0 Å². The van der Waals surface area contributed by atoms with Gasteiger partial charge in [0.15, 0.2) is 0 Å². The molecule has 0 radical (unpaired) electrons. The van der Waals surface area contributed by atoms with E-state index in [2.05, 4.69) is 39.3 Å². The van der Waals surface area contributed by atoms with E-state index in [-0.39, 0.29) is 0 Å². The van der Waals surface area contributed by atoms with Crippen molar-refractivity contribution in [3.05, 3.63) is 0 Å². The SMILES string of the molecule is C[Si](C)(C)C[C@@]1(O)[C@H]2CCC[C@@H](C2)[C@]1(O)C[Si](C)(C)C. The van der Waals surface area contributed by atoms with Crippen molar-refractivity contribution >= 4 is 16.1 Å². The standard InChI is InChI=1S/C16H34O2Si2/c1-19(2,3)11-15(17)13-8-7-9-14(10-13)16(15,18)12-20(4,5)6/h13-14,17-18H,7-12H2,1-6H3/t13-,14-,15+,16+/m0/s1. The second kappa shape index (κ2) is 4.93. The number of aliphatic hydroxyl groups is 2. The summed E-state index contributed by atoms with van der Waals surface area (Å²) in [6, 6.07) is 1.73. The predicted octanol–water partition coefficient (Wildman–Crippen LogP) is 3.95. The first-order chi connectivity index (χ1) is 8.87. The molecule has 0 saturated heterocycles. The van der Waals surface area contributed by atoms with E-state index in [0.717, 1.165) is 31.4 Å². The zero-order valence-corrected chi connectivity index (χ0v) is 16.3. The van der Waals surface area contributed by atoms with Crippen LogP contribution in [0.3, 0.4) is 0 Å². The molecule has 2 saturated carbocycles. The Morgan fingerprint density at radius 1 is 0.800 bits per heavy atom. The molecular weight excluding hydrogens is 280 g/mol. The summed E-state index contributed by atoms with van der Waals surface area (Å²) in [5, 5.41) is 23.2. The molecule has 0 aromatic heterocycles. The molecule has 4 atom stereocenters. The van der Waals surface area contributed by atoms with Gasteiger partial charge in [-0.2, -0.15) is 0 Å². The van der Waals surface area contributed by atoms with Crippen LogP contribution in [-0.4, -0.2) is 37.6 Å². The van der Waals surface area contributed by atoms with Gasteiger partial charge >= 0.3 is 0 Å². The van der Waals surface area contributed by atoms with E-state index in [1.165, 1.54) is 6.42 Å². The minimum atomic E-state index is -1.41. The van der Waals surface area contributed by atoms with Gasteiger partial charge in [0.05, 0.1) is 11.2 Å². The molecular formula is C16H34O2Si2. The first-order valence-electron chi connectivity index (χ1n) is 8.32. The zero-order valence-electron chi connectivity index (χ0n) is 14.3. The van der Waals surface area contributed by atoms with Crippen molar-refractivity contribution in [3.63, 3.8) is 0 Å². The summed E-state index contributed by atoms with van der Waals surface area (Å²) < 4.78 is 0. The van der Waals surface area contributed by atoms with Gasteiger partial charge in [-0.25, -0.2) is 0 Å². The van der Waals surface area contributed by atoms with Crippen molar-refractivity contribution < 1.29 is 10.2 Å². The van der Waals surface area contributed by atoms with Crippen LogP contribution in [0.1, 0.15) is 25.7 Å². The van der Waals surface area contributed by atoms with Gasteiger partial charge in [0, 0.05) is 16.1 Å². The first kappa shape index (κ1) is 16.7. The predicted molar refractivity (Wildman–Crippen MR) is 91.7 cm³/mol. The lowest BCUT2D eigenvalue weighted by molar-refractivity contribution is -0.140. The van der Waals surface area contributed by atoms with Crippen molar-refractivity contribution in [1.29, 1.82) is 0 Å². The molecule has 0 unspecified atom stereocenters. The van der Waals surface area contributed by atoms with E-state index in [0.29, 0.717) is 11.8 Å². The van der Waals surface area contributed by atoms with E-state index in [9.17, 15) is 10.2 Å². The number of hydrogen-bond donors (Lipinski definition) is 2. The highest BCUT2D eigenvalue weighted by Gasteiger charge is 2.65. The molecule has 0 heterocycles. The second-order valence-electron chi connectivity index (χ2n) is 9.88. The Morgan fingerprint density at radius 2 is 1.15 bits per heavy atom. The molecule has 2 nitrogen and oxygen atoms in total. The molecule has 0 spiro atoms. The van der Waals surface area contributed by atoms with Gasteiger partial charge in [-0.15, -0.1) is 0 Å². The maximum Gasteiger partial charge on any atom is 0.0938 e. The highest BCUT2D eigenvalue weighted by Crippen LogP contribution is 2.59. The minimum Gasteiger partial charge on any atom is -0.387 e. The maximum absolute atomic E-state index is 11.6. The summed E-state index contributed by atoms with van der Waals surface area (Å²) in [4.78, 5) is 0. The van der Waals surface area contributed by atoms with Gasteiger partial charge < -0.3 is 10.2 Å². The fourth-order valence-electron chi connectivity index (χ4n) is 4.98. The lowest BCUT2D eigenvalue weighted by Crippen LogP contribution is -2.60. The molecule has 2 N–H and O–H groups in total. The monoisotopic (exact) mass is 314 g/mol. The average Bonchev–Trinajstić information content (AvgIpc) is 2.35. The van der Waals surface area contributed by atoms with Crippen LogP contribution in [0.25, 0.3) is 0 Å². The normalized spacial score (nSPS) is 42.0. The third kappa shape index (κ3) is 2.94. The van der Waals surface area contributed by atoms with Gasteiger partial charge in [-0.3, -0.25) is 0 Å². The van der Waals surface area contributed by atoms with Gasteiger partial charge in [-0.05, 0) is 43.2 Å². The molecule has 2 bridgehead atoms. The Hall–Kier alpha value is 0.354. The molecule has 2 aliphatic rings. The second-order valence-corrected chi connectivity index (χ2v) is 20.8. The molecule has 20 heavy (non-hydrogen) atoms. The van der Waals surface area contributed by atoms with Crippen LogP contribution in [0, 0.1) is 11.8 Å². The molecule has 118 valence electrons. The van der Waals surface area contributed by atoms with Gasteiger partial charge in [-0.1, -0.05) is 45.7 Å². The quantitative estimate of drug-likeness (QED) is 0.772. The third-order valence-electron chi connectivity index (χ3n) is 5.37. The molecule has 4 heteroatoms. The Bertz CT molecular complexity index is 338. The highest BCUT2D eigenvalue weighted by atomic mass is 28.3. The molecule has 2 rings (SSSR count). The van der Waals surface area contributed by atoms with Crippen LogP contribution < -0.4 is 0 Å². The summed E-state index contributed by atoms with van der Waals surface area (Å²) >= 11 is 0. The minimum absolute atomic E-state index is 0.342. The smallest absolute Gasteiger partial charge is 0.0938 e. The Labute approximate surface area is 127 Å². The lowest BCUT2D eigenvalue weighted by atomic mass is 9.81. The van der Waals surface area contributed by atoms with E-state index in [1.54, 1.807) is 0 Å². The van der Waals surface area contributed by atoms with Crippen LogP contribution >= 0.6 is 0 Å². The van der Waals surface area contributed by atoms with Crippen molar-refractivity contribution in [2.24, 2.45) is 11.8 Å². The Balaban J connectivity index is 2.39. The van der Waals surface area contributed by atoms with Crippen molar-refractivity contribution in [2.45, 2.75) is 88.3 Å².